The third-order valence-electron chi connectivity index (χ3n) is 3.70. The highest BCUT2D eigenvalue weighted by Crippen LogP contribution is 2.17. The minimum atomic E-state index is 0.00411. The topological polar surface area (TPSA) is 81.9 Å². The number of aromatic nitrogens is 4. The fourth-order valence-electron chi connectivity index (χ4n) is 2.53. The summed E-state index contributed by atoms with van der Waals surface area (Å²) in [5.41, 5.74) is 2.48. The molecule has 0 spiro atoms. The predicted molar refractivity (Wildman–Crippen MR) is 80.8 cm³/mol. The summed E-state index contributed by atoms with van der Waals surface area (Å²) in [7, 11) is 0. The van der Waals surface area contributed by atoms with Crippen molar-refractivity contribution >= 4 is 11.6 Å². The molecule has 0 aromatic carbocycles. The number of hydrogen-bond acceptors (Lipinski definition) is 5. The number of amides is 1. The van der Waals surface area contributed by atoms with Crippen molar-refractivity contribution in [3.8, 4) is 5.95 Å². The SMILES string of the molecule is Cc1cc(C)n(-c2ncc(NC(=O)C3CCOCC3)cn2)n1. The van der Waals surface area contributed by atoms with E-state index in [1.165, 1.54) is 0 Å². The second kappa shape index (κ2) is 6.23. The lowest BCUT2D eigenvalue weighted by atomic mass is 9.99. The van der Waals surface area contributed by atoms with Gasteiger partial charge in [-0.2, -0.15) is 5.10 Å². The van der Waals surface area contributed by atoms with Gasteiger partial charge in [0.1, 0.15) is 0 Å². The molecule has 3 rings (SSSR count). The van der Waals surface area contributed by atoms with Crippen molar-refractivity contribution < 1.29 is 9.53 Å². The number of nitrogens with one attached hydrogen (secondary N) is 1. The minimum absolute atomic E-state index is 0.00411. The molecule has 1 aliphatic rings. The van der Waals surface area contributed by atoms with Crippen LogP contribution < -0.4 is 5.32 Å². The van der Waals surface area contributed by atoms with Gasteiger partial charge in [-0.1, -0.05) is 0 Å². The van der Waals surface area contributed by atoms with Crippen molar-refractivity contribution in [2.75, 3.05) is 18.5 Å². The molecule has 1 amide bonds. The zero-order chi connectivity index (χ0) is 15.5. The number of hydrogen-bond donors (Lipinski definition) is 1. The van der Waals surface area contributed by atoms with Crippen LogP contribution >= 0.6 is 0 Å². The number of nitrogens with zero attached hydrogens (tertiary/aromatic N) is 4. The lowest BCUT2D eigenvalue weighted by molar-refractivity contribution is -0.122. The van der Waals surface area contributed by atoms with Gasteiger partial charge in [0.05, 0.1) is 23.8 Å². The van der Waals surface area contributed by atoms with Crippen LogP contribution in [0.1, 0.15) is 24.2 Å². The van der Waals surface area contributed by atoms with Gasteiger partial charge in [0.2, 0.25) is 5.91 Å². The maximum Gasteiger partial charge on any atom is 0.250 e. The third kappa shape index (κ3) is 3.14. The zero-order valence-corrected chi connectivity index (χ0v) is 12.7. The third-order valence-corrected chi connectivity index (χ3v) is 3.70. The molecule has 1 saturated heterocycles. The van der Waals surface area contributed by atoms with E-state index in [1.54, 1.807) is 17.1 Å². The Morgan fingerprint density at radius 1 is 1.27 bits per heavy atom. The first-order chi connectivity index (χ1) is 10.6. The molecule has 0 radical (unpaired) electrons. The Morgan fingerprint density at radius 2 is 1.95 bits per heavy atom. The maximum absolute atomic E-state index is 12.1. The van der Waals surface area contributed by atoms with Crippen molar-refractivity contribution in [1.29, 1.82) is 0 Å². The lowest BCUT2D eigenvalue weighted by Gasteiger charge is -2.21. The highest BCUT2D eigenvalue weighted by molar-refractivity contribution is 5.92. The summed E-state index contributed by atoms with van der Waals surface area (Å²) in [6, 6.07) is 1.96. The normalized spacial score (nSPS) is 15.7. The predicted octanol–water partition coefficient (Wildman–Crippen LogP) is 1.64. The Hall–Kier alpha value is -2.28. The van der Waals surface area contributed by atoms with Gasteiger partial charge in [-0.3, -0.25) is 4.79 Å². The standard InChI is InChI=1S/C15H19N5O2/c1-10-7-11(2)20(19-10)15-16-8-13(9-17-15)18-14(21)12-3-5-22-6-4-12/h7-9,12H,3-6H2,1-2H3,(H,18,21). The molecule has 2 aromatic heterocycles. The van der Waals surface area contributed by atoms with Crippen molar-refractivity contribution in [2.24, 2.45) is 5.92 Å². The van der Waals surface area contributed by atoms with Gasteiger partial charge < -0.3 is 10.1 Å². The maximum atomic E-state index is 12.1. The molecule has 0 aliphatic carbocycles. The van der Waals surface area contributed by atoms with Crippen LogP contribution in [0.3, 0.4) is 0 Å². The quantitative estimate of drug-likeness (QED) is 0.932. The number of anilines is 1. The Bertz CT molecular complexity index is 659. The van der Waals surface area contributed by atoms with E-state index in [4.69, 9.17) is 4.74 Å². The molecule has 7 nitrogen and oxygen atoms in total. The second-order valence-corrected chi connectivity index (χ2v) is 5.49. The molecule has 22 heavy (non-hydrogen) atoms. The molecule has 116 valence electrons. The number of rotatable bonds is 3. The van der Waals surface area contributed by atoms with Gasteiger partial charge >= 0.3 is 0 Å². The lowest BCUT2D eigenvalue weighted by Crippen LogP contribution is -2.28. The average Bonchev–Trinajstić information content (AvgIpc) is 2.87. The molecule has 7 heteroatoms. The van der Waals surface area contributed by atoms with Crippen molar-refractivity contribution in [2.45, 2.75) is 26.7 Å². The summed E-state index contributed by atoms with van der Waals surface area (Å²) in [4.78, 5) is 20.7. The molecule has 1 fully saturated rings. The fraction of sp³-hybridized carbons (Fsp3) is 0.467. The van der Waals surface area contributed by atoms with E-state index >= 15 is 0 Å². The van der Waals surface area contributed by atoms with Crippen molar-refractivity contribution in [1.82, 2.24) is 19.7 Å². The molecule has 3 heterocycles. The Kier molecular flexibility index (Phi) is 4.15. The van der Waals surface area contributed by atoms with Gasteiger partial charge in [0.25, 0.3) is 5.95 Å². The average molecular weight is 301 g/mol. The summed E-state index contributed by atoms with van der Waals surface area (Å²) >= 11 is 0. The van der Waals surface area contributed by atoms with Gasteiger partial charge in [-0.15, -0.1) is 0 Å². The summed E-state index contributed by atoms with van der Waals surface area (Å²) in [5.74, 6) is 0.505. The highest BCUT2D eigenvalue weighted by atomic mass is 16.5. The molecule has 2 aromatic rings. The van der Waals surface area contributed by atoms with Gasteiger partial charge in [0, 0.05) is 24.8 Å². The second-order valence-electron chi connectivity index (χ2n) is 5.49. The first-order valence-corrected chi connectivity index (χ1v) is 7.38. The molecular weight excluding hydrogens is 282 g/mol. The highest BCUT2D eigenvalue weighted by Gasteiger charge is 2.21. The van der Waals surface area contributed by atoms with Gasteiger partial charge in [-0.25, -0.2) is 14.6 Å². The number of aryl methyl sites for hydroxylation is 2. The van der Waals surface area contributed by atoms with Crippen LogP contribution in [-0.2, 0) is 9.53 Å². The zero-order valence-electron chi connectivity index (χ0n) is 12.7. The van der Waals surface area contributed by atoms with Gasteiger partial charge in [0.15, 0.2) is 0 Å². The van der Waals surface area contributed by atoms with Crippen LogP contribution in [0, 0.1) is 19.8 Å². The van der Waals surface area contributed by atoms with E-state index in [-0.39, 0.29) is 11.8 Å². The van der Waals surface area contributed by atoms with Crippen LogP contribution in [0.15, 0.2) is 18.5 Å². The number of carbonyl (C=O) groups is 1. The number of carbonyl (C=O) groups excluding carboxylic acids is 1. The number of ether oxygens (including phenoxy) is 1. The summed E-state index contributed by atoms with van der Waals surface area (Å²) in [6.45, 7) is 5.16. The van der Waals surface area contributed by atoms with Crippen molar-refractivity contribution in [3.05, 3.63) is 29.8 Å². The summed E-state index contributed by atoms with van der Waals surface area (Å²) < 4.78 is 6.94. The molecule has 0 atom stereocenters. The Labute approximate surface area is 128 Å². The molecule has 0 saturated carbocycles. The van der Waals surface area contributed by atoms with E-state index < -0.39 is 0 Å². The van der Waals surface area contributed by atoms with Crippen molar-refractivity contribution in [3.63, 3.8) is 0 Å². The molecule has 0 unspecified atom stereocenters. The molecular formula is C15H19N5O2. The Balaban J connectivity index is 1.69. The fourth-order valence-corrected chi connectivity index (χ4v) is 2.53. The van der Waals surface area contributed by atoms with E-state index in [1.807, 2.05) is 19.9 Å². The monoisotopic (exact) mass is 301 g/mol. The van der Waals surface area contributed by atoms with Gasteiger partial charge in [-0.05, 0) is 32.8 Å². The van der Waals surface area contributed by atoms with E-state index in [0.717, 1.165) is 24.2 Å². The molecule has 0 bridgehead atoms. The minimum Gasteiger partial charge on any atom is -0.381 e. The molecule has 1 aliphatic heterocycles. The van der Waals surface area contributed by atoms with Crippen LogP contribution in [0.2, 0.25) is 0 Å². The van der Waals surface area contributed by atoms with E-state index in [9.17, 15) is 4.79 Å². The smallest absolute Gasteiger partial charge is 0.250 e. The van der Waals surface area contributed by atoms with Crippen LogP contribution in [-0.4, -0.2) is 38.9 Å². The van der Waals surface area contributed by atoms with E-state index in [0.29, 0.717) is 24.8 Å². The van der Waals surface area contributed by atoms with Crippen LogP contribution in [0.5, 0.6) is 0 Å². The van der Waals surface area contributed by atoms with E-state index in [2.05, 4.69) is 20.4 Å². The first kappa shape index (κ1) is 14.6. The Morgan fingerprint density at radius 3 is 2.55 bits per heavy atom. The van der Waals surface area contributed by atoms with Crippen LogP contribution in [0.4, 0.5) is 5.69 Å². The summed E-state index contributed by atoms with van der Waals surface area (Å²) in [5, 5.41) is 7.20. The van der Waals surface area contributed by atoms with Crippen LogP contribution in [0.25, 0.3) is 5.95 Å². The largest absolute Gasteiger partial charge is 0.381 e. The summed E-state index contributed by atoms with van der Waals surface area (Å²) in [6.07, 6.45) is 4.74. The molecule has 1 N–H and O–H groups in total. The first-order valence-electron chi connectivity index (χ1n) is 7.38.